The van der Waals surface area contributed by atoms with E-state index in [-0.39, 0.29) is 0 Å². The highest BCUT2D eigenvalue weighted by Gasteiger charge is 2.19. The third-order valence-corrected chi connectivity index (χ3v) is 13.1. The number of hydrogen-bond donors (Lipinski definition) is 2. The van der Waals surface area contributed by atoms with Crippen LogP contribution in [0.25, 0.3) is 90.9 Å². The number of aromatic nitrogens is 7. The van der Waals surface area contributed by atoms with Gasteiger partial charge in [-0.25, -0.2) is 9.97 Å². The third kappa shape index (κ3) is 11.4. The molecule has 7 aromatic rings. The van der Waals surface area contributed by atoms with Crippen molar-refractivity contribution in [3.63, 3.8) is 0 Å². The molecule has 1 aromatic carbocycles. The highest BCUT2D eigenvalue weighted by molar-refractivity contribution is 5.99. The first-order valence-electron chi connectivity index (χ1n) is 24.8. The minimum atomic E-state index is 0.725. The van der Waals surface area contributed by atoms with E-state index in [9.17, 15) is 0 Å². The van der Waals surface area contributed by atoms with Crippen LogP contribution in [0.3, 0.4) is 0 Å². The first-order chi connectivity index (χ1) is 33.2. The number of unbranched alkanes of at least 4 members (excludes halogenated alkanes) is 15. The maximum Gasteiger partial charge on any atom is 0.119 e. The Balaban J connectivity index is 0.991. The molecule has 6 aromatic heterocycles. The molecule has 0 unspecified atom stereocenters. The number of H-pyrrole nitrogens is 2. The lowest BCUT2D eigenvalue weighted by molar-refractivity contribution is 0.304. The van der Waals surface area contributed by atoms with Gasteiger partial charge in [0, 0.05) is 81.5 Å². The zero-order valence-electron chi connectivity index (χ0n) is 39.0. The van der Waals surface area contributed by atoms with E-state index in [0.717, 1.165) is 108 Å². The number of fused-ring (bicyclic) bond motifs is 8. The SMILES string of the molecule is CCCCCCCCCCCCCCCCCCOc1ccc(-c2c3nc(c(-c4ccncc4)c4ccc([nH]4)c(-c4ccncc4)c4nc(c(-c5ccncc5)c5ccc2[nH]5)C=C4)C=C3)cc1. The normalized spacial score (nSPS) is 12.0. The molecule has 8 heteroatoms. The Labute approximate surface area is 395 Å². The Kier molecular flexibility index (Phi) is 15.5. The van der Waals surface area contributed by atoms with Gasteiger partial charge in [-0.15, -0.1) is 0 Å². The van der Waals surface area contributed by atoms with Crippen molar-refractivity contribution in [1.29, 1.82) is 0 Å². The van der Waals surface area contributed by atoms with Crippen LogP contribution in [0.4, 0.5) is 0 Å². The van der Waals surface area contributed by atoms with E-state index >= 15 is 0 Å². The van der Waals surface area contributed by atoms with E-state index in [4.69, 9.17) is 14.7 Å². The average molecular weight is 886 g/mol. The molecule has 2 aliphatic rings. The highest BCUT2D eigenvalue weighted by Crippen LogP contribution is 2.38. The molecule has 0 radical (unpaired) electrons. The molecule has 9 rings (SSSR count). The molecule has 0 fully saturated rings. The summed E-state index contributed by atoms with van der Waals surface area (Å²) in [6.45, 7) is 3.02. The van der Waals surface area contributed by atoms with E-state index in [0.29, 0.717) is 0 Å². The summed E-state index contributed by atoms with van der Waals surface area (Å²) in [7, 11) is 0. The lowest BCUT2D eigenvalue weighted by Crippen LogP contribution is -1.97. The van der Waals surface area contributed by atoms with Gasteiger partial charge in [0.25, 0.3) is 0 Å². The maximum absolute atomic E-state index is 6.31. The van der Waals surface area contributed by atoms with Gasteiger partial charge in [-0.3, -0.25) is 15.0 Å². The molecule has 0 atom stereocenters. The first-order valence-corrected chi connectivity index (χ1v) is 24.8. The van der Waals surface area contributed by atoms with E-state index in [1.165, 1.54) is 96.3 Å². The molecule has 8 bridgehead atoms. The number of benzene rings is 1. The molecule has 2 N–H and O–H groups in total. The summed E-state index contributed by atoms with van der Waals surface area (Å²) in [5.74, 6) is 0.882. The Morgan fingerprint density at radius 2 is 0.642 bits per heavy atom. The molecular weight excluding hydrogens is 823 g/mol. The quantitative estimate of drug-likeness (QED) is 0.0657. The smallest absolute Gasteiger partial charge is 0.119 e. The zero-order chi connectivity index (χ0) is 45.5. The van der Waals surface area contributed by atoms with E-state index in [1.807, 2.05) is 73.6 Å². The number of nitrogens with zero attached hydrogens (tertiary/aromatic N) is 5. The van der Waals surface area contributed by atoms with Gasteiger partial charge in [0.15, 0.2) is 0 Å². The second-order valence-corrected chi connectivity index (χ2v) is 17.9. The zero-order valence-corrected chi connectivity index (χ0v) is 39.0. The first kappa shape index (κ1) is 45.2. The second-order valence-electron chi connectivity index (χ2n) is 17.9. The van der Waals surface area contributed by atoms with Gasteiger partial charge >= 0.3 is 0 Å². The van der Waals surface area contributed by atoms with E-state index in [2.05, 4.69) is 105 Å². The second kappa shape index (κ2) is 23.0. The van der Waals surface area contributed by atoms with Gasteiger partial charge < -0.3 is 14.7 Å². The number of pyridine rings is 3. The average Bonchev–Trinajstić information content (AvgIpc) is 4.23. The van der Waals surface area contributed by atoms with Crippen LogP contribution in [0.2, 0.25) is 0 Å². The number of rotatable bonds is 22. The van der Waals surface area contributed by atoms with Gasteiger partial charge in [-0.05, 0) is 126 Å². The van der Waals surface area contributed by atoms with Crippen LogP contribution < -0.4 is 4.74 Å². The van der Waals surface area contributed by atoms with Crippen LogP contribution in [0.15, 0.2) is 122 Å². The lowest BCUT2D eigenvalue weighted by atomic mass is 10.0. The summed E-state index contributed by atoms with van der Waals surface area (Å²) in [6, 6.07) is 29.3. The van der Waals surface area contributed by atoms with Crippen LogP contribution in [-0.4, -0.2) is 41.5 Å². The summed E-state index contributed by atoms with van der Waals surface area (Å²) in [5.41, 5.74) is 15.2. The Morgan fingerprint density at radius 1 is 0.343 bits per heavy atom. The fourth-order valence-electron chi connectivity index (χ4n) is 9.53. The largest absolute Gasteiger partial charge is 0.494 e. The number of ether oxygens (including phenoxy) is 1. The van der Waals surface area contributed by atoms with Crippen molar-refractivity contribution in [2.45, 2.75) is 110 Å². The van der Waals surface area contributed by atoms with E-state index < -0.39 is 0 Å². The van der Waals surface area contributed by atoms with Gasteiger partial charge in [-0.2, -0.15) is 0 Å². The standard InChI is InChI=1S/C59H63N7O/c1-2-3-4-5-6-7-8-9-10-11-12-13-14-15-16-17-42-67-47-20-18-43(19-21-47)56-48-22-24-50(63-48)57(44-30-36-60-37-31-44)52-26-28-54(65-52)59(46-34-40-62-41-35-46)55-29-27-53(66-55)58(45-32-38-61-39-33-45)51-25-23-49(56)64-51/h18-41,63,66H,2-17,42H2,1H3. The highest BCUT2D eigenvalue weighted by atomic mass is 16.5. The monoisotopic (exact) mass is 886 g/mol. The molecule has 2 aliphatic heterocycles. The lowest BCUT2D eigenvalue weighted by Gasteiger charge is -2.09. The van der Waals surface area contributed by atoms with Crippen LogP contribution in [0.5, 0.6) is 5.75 Å². The molecule has 340 valence electrons. The predicted octanol–water partition coefficient (Wildman–Crippen LogP) is 16.1. The van der Waals surface area contributed by atoms with Gasteiger partial charge in [0.05, 0.1) is 29.4 Å². The Morgan fingerprint density at radius 3 is 0.970 bits per heavy atom. The Hall–Kier alpha value is -6.93. The minimum absolute atomic E-state index is 0.725. The number of aromatic amines is 2. The molecule has 0 spiro atoms. The van der Waals surface area contributed by atoms with Crippen LogP contribution in [0, 0.1) is 0 Å². The summed E-state index contributed by atoms with van der Waals surface area (Å²) in [6.07, 6.45) is 41.2. The fourth-order valence-corrected chi connectivity index (χ4v) is 9.53. The summed E-state index contributed by atoms with van der Waals surface area (Å²) < 4.78 is 6.31. The van der Waals surface area contributed by atoms with Crippen LogP contribution in [0.1, 0.15) is 132 Å². The number of hydrogen-bond acceptors (Lipinski definition) is 6. The van der Waals surface area contributed by atoms with Crippen molar-refractivity contribution < 1.29 is 4.74 Å². The van der Waals surface area contributed by atoms with Gasteiger partial charge in [0.1, 0.15) is 5.75 Å². The van der Waals surface area contributed by atoms with Crippen LogP contribution in [-0.2, 0) is 0 Å². The third-order valence-electron chi connectivity index (χ3n) is 13.1. The maximum atomic E-state index is 6.31. The van der Waals surface area contributed by atoms with Crippen molar-refractivity contribution in [2.24, 2.45) is 0 Å². The van der Waals surface area contributed by atoms with Crippen molar-refractivity contribution in [3.8, 4) is 50.3 Å². The van der Waals surface area contributed by atoms with Crippen molar-refractivity contribution in [2.75, 3.05) is 6.61 Å². The summed E-state index contributed by atoms with van der Waals surface area (Å²) >= 11 is 0. The summed E-state index contributed by atoms with van der Waals surface area (Å²) in [5, 5.41) is 0. The Bertz CT molecular complexity index is 2880. The van der Waals surface area contributed by atoms with Crippen LogP contribution >= 0.6 is 0 Å². The van der Waals surface area contributed by atoms with Gasteiger partial charge in [0.2, 0.25) is 0 Å². The van der Waals surface area contributed by atoms with Gasteiger partial charge in [-0.1, -0.05) is 115 Å². The van der Waals surface area contributed by atoms with Crippen molar-refractivity contribution in [1.82, 2.24) is 34.9 Å². The van der Waals surface area contributed by atoms with Crippen molar-refractivity contribution >= 4 is 46.4 Å². The molecular formula is C59H63N7O. The molecule has 8 heterocycles. The topological polar surface area (TPSA) is 105 Å². The predicted molar refractivity (Wildman–Crippen MR) is 279 cm³/mol. The van der Waals surface area contributed by atoms with Crippen molar-refractivity contribution in [3.05, 3.63) is 145 Å². The fraction of sp³-hybridized carbons (Fsp3) is 0.305. The number of nitrogens with one attached hydrogen (secondary N) is 2. The summed E-state index contributed by atoms with van der Waals surface area (Å²) in [4.78, 5) is 31.5. The molecule has 8 nitrogen and oxygen atoms in total. The molecule has 0 saturated carbocycles. The molecule has 0 amide bonds. The molecule has 67 heavy (non-hydrogen) atoms. The minimum Gasteiger partial charge on any atom is -0.494 e. The molecule has 0 aliphatic carbocycles. The van der Waals surface area contributed by atoms with E-state index in [1.54, 1.807) is 0 Å². The molecule has 0 saturated heterocycles.